The molecule has 2 aromatic rings. The summed E-state index contributed by atoms with van der Waals surface area (Å²) in [6, 6.07) is 8.78. The predicted octanol–water partition coefficient (Wildman–Crippen LogP) is 2.52. The van der Waals surface area contributed by atoms with Crippen LogP contribution in [0, 0.1) is 0 Å². The van der Waals surface area contributed by atoms with Crippen LogP contribution in [0.5, 0.6) is 0 Å². The SMILES string of the molecule is NC1=NC2(CCc3c(cccc3-c3ccoc3)C2)CO1. The molecule has 2 heterocycles. The maximum atomic E-state index is 5.68. The summed E-state index contributed by atoms with van der Waals surface area (Å²) in [6.45, 7) is 0.605. The lowest BCUT2D eigenvalue weighted by molar-refractivity contribution is 0.235. The van der Waals surface area contributed by atoms with Crippen LogP contribution >= 0.6 is 0 Å². The molecular formula is C16H16N2O2. The molecule has 0 bridgehead atoms. The van der Waals surface area contributed by atoms with Crippen molar-refractivity contribution in [2.75, 3.05) is 6.61 Å². The van der Waals surface area contributed by atoms with E-state index in [1.54, 1.807) is 12.5 Å². The summed E-state index contributed by atoms with van der Waals surface area (Å²) < 4.78 is 10.6. The summed E-state index contributed by atoms with van der Waals surface area (Å²) in [5.74, 6) is 0. The van der Waals surface area contributed by atoms with Gasteiger partial charge in [-0.15, -0.1) is 0 Å². The van der Waals surface area contributed by atoms with Crippen LogP contribution in [0.3, 0.4) is 0 Å². The number of nitrogens with two attached hydrogens (primary N) is 1. The zero-order valence-corrected chi connectivity index (χ0v) is 11.1. The summed E-state index contributed by atoms with van der Waals surface area (Å²) >= 11 is 0. The van der Waals surface area contributed by atoms with Crippen molar-refractivity contribution in [3.8, 4) is 11.1 Å². The lowest BCUT2D eigenvalue weighted by Crippen LogP contribution is -2.35. The first-order valence-corrected chi connectivity index (χ1v) is 6.87. The molecule has 4 nitrogen and oxygen atoms in total. The first kappa shape index (κ1) is 11.6. The highest BCUT2D eigenvalue weighted by Crippen LogP contribution is 2.38. The second-order valence-electron chi connectivity index (χ2n) is 5.60. The van der Waals surface area contributed by atoms with Gasteiger partial charge in [0.25, 0.3) is 6.02 Å². The molecule has 0 radical (unpaired) electrons. The van der Waals surface area contributed by atoms with E-state index in [1.807, 2.05) is 6.07 Å². The molecule has 0 saturated heterocycles. The second-order valence-corrected chi connectivity index (χ2v) is 5.60. The van der Waals surface area contributed by atoms with E-state index in [-0.39, 0.29) is 5.54 Å². The Kier molecular flexibility index (Phi) is 2.39. The van der Waals surface area contributed by atoms with Crippen LogP contribution in [0.15, 0.2) is 46.2 Å². The van der Waals surface area contributed by atoms with Gasteiger partial charge < -0.3 is 14.9 Å². The Labute approximate surface area is 117 Å². The molecule has 0 saturated carbocycles. The van der Waals surface area contributed by atoms with Crippen molar-refractivity contribution in [1.82, 2.24) is 0 Å². The molecule has 1 aliphatic heterocycles. The fourth-order valence-corrected chi connectivity index (χ4v) is 3.31. The van der Waals surface area contributed by atoms with Crippen molar-refractivity contribution in [3.63, 3.8) is 0 Å². The zero-order chi connectivity index (χ0) is 13.6. The van der Waals surface area contributed by atoms with Gasteiger partial charge in [-0.25, -0.2) is 4.99 Å². The average molecular weight is 268 g/mol. The molecule has 1 atom stereocenters. The van der Waals surface area contributed by atoms with Gasteiger partial charge >= 0.3 is 0 Å². The van der Waals surface area contributed by atoms with Crippen molar-refractivity contribution < 1.29 is 9.15 Å². The van der Waals surface area contributed by atoms with Crippen molar-refractivity contribution in [3.05, 3.63) is 47.9 Å². The fraction of sp³-hybridized carbons (Fsp3) is 0.312. The number of ether oxygens (including phenoxy) is 1. The van der Waals surface area contributed by atoms with Crippen LogP contribution < -0.4 is 5.73 Å². The van der Waals surface area contributed by atoms with Crippen LogP contribution in [0.4, 0.5) is 0 Å². The van der Waals surface area contributed by atoms with Crippen molar-refractivity contribution in [2.45, 2.75) is 24.8 Å². The minimum absolute atomic E-state index is 0.147. The lowest BCUT2D eigenvalue weighted by atomic mass is 9.77. The molecule has 1 aromatic carbocycles. The van der Waals surface area contributed by atoms with E-state index in [0.717, 1.165) is 24.8 Å². The first-order chi connectivity index (χ1) is 9.76. The van der Waals surface area contributed by atoms with Gasteiger partial charge in [0.2, 0.25) is 0 Å². The van der Waals surface area contributed by atoms with Crippen LogP contribution in [0.1, 0.15) is 17.5 Å². The van der Waals surface area contributed by atoms with Gasteiger partial charge in [0.05, 0.1) is 12.5 Å². The Morgan fingerprint density at radius 3 is 2.95 bits per heavy atom. The van der Waals surface area contributed by atoms with Crippen LogP contribution in [0.25, 0.3) is 11.1 Å². The molecule has 2 aliphatic rings. The molecule has 4 rings (SSSR count). The van der Waals surface area contributed by atoms with Gasteiger partial charge in [-0.2, -0.15) is 0 Å². The molecule has 2 N–H and O–H groups in total. The van der Waals surface area contributed by atoms with E-state index in [4.69, 9.17) is 14.9 Å². The van der Waals surface area contributed by atoms with E-state index < -0.39 is 0 Å². The average Bonchev–Trinajstić information content (AvgIpc) is 3.09. The number of rotatable bonds is 1. The number of aliphatic imine (C=N–C) groups is 1. The Bertz CT molecular complexity index is 676. The number of fused-ring (bicyclic) bond motifs is 1. The van der Waals surface area contributed by atoms with E-state index >= 15 is 0 Å². The standard InChI is InChI=1S/C16H16N2O2/c17-15-18-16(10-20-15)6-4-14-11(8-16)2-1-3-13(14)12-5-7-19-9-12/h1-3,5,7,9H,4,6,8,10H2,(H2,17,18). The van der Waals surface area contributed by atoms with Gasteiger partial charge in [0, 0.05) is 12.0 Å². The van der Waals surface area contributed by atoms with Gasteiger partial charge in [-0.1, -0.05) is 18.2 Å². The van der Waals surface area contributed by atoms with Crippen LogP contribution in [0.2, 0.25) is 0 Å². The largest absolute Gasteiger partial charge is 0.472 e. The minimum atomic E-state index is -0.147. The molecule has 0 amide bonds. The van der Waals surface area contributed by atoms with Gasteiger partial charge in [-0.3, -0.25) is 0 Å². The third-order valence-electron chi connectivity index (χ3n) is 4.30. The molecular weight excluding hydrogens is 252 g/mol. The van der Waals surface area contributed by atoms with E-state index in [0.29, 0.717) is 12.6 Å². The topological polar surface area (TPSA) is 60.8 Å². The Morgan fingerprint density at radius 2 is 2.20 bits per heavy atom. The highest BCUT2D eigenvalue weighted by atomic mass is 16.5. The van der Waals surface area contributed by atoms with Crippen molar-refractivity contribution in [1.29, 1.82) is 0 Å². The molecule has 1 aliphatic carbocycles. The molecule has 0 fully saturated rings. The van der Waals surface area contributed by atoms with Gasteiger partial charge in [0.1, 0.15) is 12.1 Å². The monoisotopic (exact) mass is 268 g/mol. The number of nitrogens with zero attached hydrogens (tertiary/aromatic N) is 1. The number of hydrogen-bond acceptors (Lipinski definition) is 4. The molecule has 4 heteroatoms. The Morgan fingerprint density at radius 1 is 1.25 bits per heavy atom. The predicted molar refractivity (Wildman–Crippen MR) is 76.5 cm³/mol. The first-order valence-electron chi connectivity index (χ1n) is 6.87. The zero-order valence-electron chi connectivity index (χ0n) is 11.1. The third-order valence-corrected chi connectivity index (χ3v) is 4.30. The number of benzene rings is 1. The summed E-state index contributed by atoms with van der Waals surface area (Å²) in [5.41, 5.74) is 10.7. The molecule has 1 unspecified atom stereocenters. The summed E-state index contributed by atoms with van der Waals surface area (Å²) in [7, 11) is 0. The number of amidine groups is 1. The lowest BCUT2D eigenvalue weighted by Gasteiger charge is -2.31. The molecule has 1 aromatic heterocycles. The second kappa shape index (κ2) is 4.13. The van der Waals surface area contributed by atoms with Gasteiger partial charge in [-0.05, 0) is 35.6 Å². The number of hydrogen-bond donors (Lipinski definition) is 1. The van der Waals surface area contributed by atoms with Crippen molar-refractivity contribution >= 4 is 6.02 Å². The summed E-state index contributed by atoms with van der Waals surface area (Å²) in [4.78, 5) is 4.52. The quantitative estimate of drug-likeness (QED) is 0.864. The van der Waals surface area contributed by atoms with E-state index in [1.165, 1.54) is 16.7 Å². The summed E-state index contributed by atoms with van der Waals surface area (Å²) in [5, 5.41) is 0. The summed E-state index contributed by atoms with van der Waals surface area (Å²) in [6.07, 6.45) is 6.39. The molecule has 102 valence electrons. The molecule has 20 heavy (non-hydrogen) atoms. The Hall–Kier alpha value is -2.23. The van der Waals surface area contributed by atoms with E-state index in [9.17, 15) is 0 Å². The third kappa shape index (κ3) is 1.72. The van der Waals surface area contributed by atoms with Crippen LogP contribution in [-0.4, -0.2) is 18.2 Å². The highest BCUT2D eigenvalue weighted by Gasteiger charge is 2.39. The Balaban J connectivity index is 1.76. The van der Waals surface area contributed by atoms with Gasteiger partial charge in [0.15, 0.2) is 0 Å². The van der Waals surface area contributed by atoms with E-state index in [2.05, 4.69) is 23.2 Å². The maximum absolute atomic E-state index is 5.68. The molecule has 1 spiro atoms. The smallest absolute Gasteiger partial charge is 0.282 e. The number of furan rings is 1. The maximum Gasteiger partial charge on any atom is 0.282 e. The normalized spacial score (nSPS) is 24.3. The highest BCUT2D eigenvalue weighted by molar-refractivity contribution is 5.74. The van der Waals surface area contributed by atoms with Crippen molar-refractivity contribution in [2.24, 2.45) is 10.7 Å². The minimum Gasteiger partial charge on any atom is -0.472 e. The fourth-order valence-electron chi connectivity index (χ4n) is 3.31. The van der Waals surface area contributed by atoms with Crippen LogP contribution in [-0.2, 0) is 17.6 Å².